The van der Waals surface area contributed by atoms with Crippen molar-refractivity contribution < 1.29 is 14.7 Å². The Morgan fingerprint density at radius 1 is 1.32 bits per heavy atom. The van der Waals surface area contributed by atoms with Crippen molar-refractivity contribution in [1.29, 1.82) is 5.26 Å². The zero-order valence-electron chi connectivity index (χ0n) is 11.2. The Balaban J connectivity index is 2.07. The van der Waals surface area contributed by atoms with Gasteiger partial charge in [-0.25, -0.2) is 0 Å². The van der Waals surface area contributed by atoms with Crippen molar-refractivity contribution in [3.63, 3.8) is 0 Å². The molecule has 0 aromatic carbocycles. The van der Waals surface area contributed by atoms with Crippen LogP contribution in [0.15, 0.2) is 0 Å². The number of amides is 1. The van der Waals surface area contributed by atoms with Crippen LogP contribution >= 0.6 is 0 Å². The Labute approximate surface area is 113 Å². The highest BCUT2D eigenvalue weighted by Gasteiger charge is 2.45. The van der Waals surface area contributed by atoms with E-state index in [1.807, 2.05) is 6.92 Å². The highest BCUT2D eigenvalue weighted by atomic mass is 16.4. The van der Waals surface area contributed by atoms with Gasteiger partial charge in [-0.1, -0.05) is 6.92 Å². The molecule has 1 N–H and O–H groups in total. The highest BCUT2D eigenvalue weighted by molar-refractivity contribution is 5.85. The smallest absolute Gasteiger partial charge is 0.307 e. The number of hydrogen-bond acceptors (Lipinski definition) is 3. The van der Waals surface area contributed by atoms with Crippen molar-refractivity contribution in [3.05, 3.63) is 0 Å². The highest BCUT2D eigenvalue weighted by Crippen LogP contribution is 2.39. The maximum absolute atomic E-state index is 12.5. The summed E-state index contributed by atoms with van der Waals surface area (Å²) in [6.07, 6.45) is 3.53. The monoisotopic (exact) mass is 264 g/mol. The fourth-order valence-corrected chi connectivity index (χ4v) is 3.08. The summed E-state index contributed by atoms with van der Waals surface area (Å²) in [4.78, 5) is 25.6. The molecule has 2 rings (SSSR count). The zero-order valence-corrected chi connectivity index (χ0v) is 11.2. The molecule has 0 aliphatic heterocycles. The minimum Gasteiger partial charge on any atom is -0.481 e. The molecule has 2 aliphatic carbocycles. The summed E-state index contributed by atoms with van der Waals surface area (Å²) in [6.45, 7) is 2.44. The third-order valence-corrected chi connectivity index (χ3v) is 4.17. The summed E-state index contributed by atoms with van der Waals surface area (Å²) < 4.78 is 0. The van der Waals surface area contributed by atoms with Crippen molar-refractivity contribution in [2.24, 2.45) is 17.8 Å². The van der Waals surface area contributed by atoms with E-state index in [-0.39, 0.29) is 17.9 Å². The van der Waals surface area contributed by atoms with Crippen LogP contribution in [0.3, 0.4) is 0 Å². The van der Waals surface area contributed by atoms with Crippen LogP contribution in [-0.4, -0.2) is 34.5 Å². The van der Waals surface area contributed by atoms with E-state index in [1.54, 1.807) is 4.90 Å². The molecule has 0 heterocycles. The number of rotatable bonds is 5. The van der Waals surface area contributed by atoms with Crippen LogP contribution in [0.2, 0.25) is 0 Å². The maximum Gasteiger partial charge on any atom is 0.307 e. The lowest BCUT2D eigenvalue weighted by atomic mass is 9.94. The molecule has 5 nitrogen and oxygen atoms in total. The lowest BCUT2D eigenvalue weighted by Gasteiger charge is -2.26. The summed E-state index contributed by atoms with van der Waals surface area (Å²) in [6, 6.07) is 2.30. The van der Waals surface area contributed by atoms with Gasteiger partial charge in [-0.05, 0) is 31.6 Å². The standard InChI is InChI=1S/C14H20N2O3/c1-9-7-11(12(8-9)14(18)19)13(17)16(6-2-5-15)10-3-4-10/h9-12H,2-4,6-8H2,1H3,(H,18,19). The van der Waals surface area contributed by atoms with E-state index in [0.717, 1.165) is 12.8 Å². The molecule has 2 saturated carbocycles. The van der Waals surface area contributed by atoms with Crippen molar-refractivity contribution in [3.8, 4) is 6.07 Å². The van der Waals surface area contributed by atoms with Crippen LogP contribution in [0.1, 0.15) is 39.0 Å². The van der Waals surface area contributed by atoms with Crippen LogP contribution in [0.25, 0.3) is 0 Å². The SMILES string of the molecule is CC1CC(C(=O)O)C(C(=O)N(CCC#N)C2CC2)C1. The number of hydrogen-bond donors (Lipinski definition) is 1. The first-order valence-electron chi connectivity index (χ1n) is 6.94. The van der Waals surface area contributed by atoms with Gasteiger partial charge >= 0.3 is 5.97 Å². The Bertz CT molecular complexity index is 411. The fourth-order valence-electron chi connectivity index (χ4n) is 3.08. The molecule has 19 heavy (non-hydrogen) atoms. The Morgan fingerprint density at radius 2 is 1.95 bits per heavy atom. The van der Waals surface area contributed by atoms with Crippen molar-refractivity contribution >= 4 is 11.9 Å². The second kappa shape index (κ2) is 5.60. The van der Waals surface area contributed by atoms with Crippen LogP contribution in [-0.2, 0) is 9.59 Å². The molecule has 0 saturated heterocycles. The van der Waals surface area contributed by atoms with Gasteiger partial charge in [0.25, 0.3) is 0 Å². The van der Waals surface area contributed by atoms with Gasteiger partial charge in [0.1, 0.15) is 0 Å². The van der Waals surface area contributed by atoms with Crippen LogP contribution in [0.4, 0.5) is 0 Å². The number of aliphatic carboxylic acids is 1. The van der Waals surface area contributed by atoms with Crippen molar-refractivity contribution in [2.45, 2.75) is 45.1 Å². The number of carbonyl (C=O) groups is 2. The van der Waals surface area contributed by atoms with Gasteiger partial charge in [0, 0.05) is 12.6 Å². The fraction of sp³-hybridized carbons (Fsp3) is 0.786. The summed E-state index contributed by atoms with van der Waals surface area (Å²) in [7, 11) is 0. The minimum absolute atomic E-state index is 0.0468. The van der Waals surface area contributed by atoms with E-state index in [0.29, 0.717) is 25.8 Å². The van der Waals surface area contributed by atoms with Gasteiger partial charge in [-0.2, -0.15) is 5.26 Å². The number of carbonyl (C=O) groups excluding carboxylic acids is 1. The molecule has 0 spiro atoms. The zero-order chi connectivity index (χ0) is 14.0. The molecular weight excluding hydrogens is 244 g/mol. The number of carboxylic acids is 1. The van der Waals surface area contributed by atoms with E-state index in [4.69, 9.17) is 5.26 Å². The van der Waals surface area contributed by atoms with Crippen LogP contribution in [0, 0.1) is 29.1 Å². The quantitative estimate of drug-likeness (QED) is 0.818. The van der Waals surface area contributed by atoms with E-state index in [2.05, 4.69) is 6.07 Å². The molecule has 3 unspecified atom stereocenters. The predicted octanol–water partition coefficient (Wildman–Crippen LogP) is 1.64. The Morgan fingerprint density at radius 3 is 2.47 bits per heavy atom. The summed E-state index contributed by atoms with van der Waals surface area (Å²) in [5.41, 5.74) is 0. The summed E-state index contributed by atoms with van der Waals surface area (Å²) in [5, 5.41) is 17.9. The summed E-state index contributed by atoms with van der Waals surface area (Å²) >= 11 is 0. The second-order valence-electron chi connectivity index (χ2n) is 5.80. The van der Waals surface area contributed by atoms with Gasteiger partial charge in [0.15, 0.2) is 0 Å². The lowest BCUT2D eigenvalue weighted by Crippen LogP contribution is -2.41. The molecule has 2 aliphatic rings. The lowest BCUT2D eigenvalue weighted by molar-refractivity contribution is -0.149. The first-order chi connectivity index (χ1) is 9.04. The van der Waals surface area contributed by atoms with Crippen molar-refractivity contribution in [2.75, 3.05) is 6.54 Å². The first kappa shape index (κ1) is 13.9. The third kappa shape index (κ3) is 3.06. The topological polar surface area (TPSA) is 81.4 Å². The third-order valence-electron chi connectivity index (χ3n) is 4.17. The normalized spacial score (nSPS) is 29.8. The van der Waals surface area contributed by atoms with Gasteiger partial charge in [-0.15, -0.1) is 0 Å². The number of nitriles is 1. The average molecular weight is 264 g/mol. The van der Waals surface area contributed by atoms with E-state index >= 15 is 0 Å². The van der Waals surface area contributed by atoms with Crippen LogP contribution in [0.5, 0.6) is 0 Å². The Kier molecular flexibility index (Phi) is 4.08. The molecular formula is C14H20N2O3. The van der Waals surface area contributed by atoms with Gasteiger partial charge in [0.2, 0.25) is 5.91 Å². The molecule has 1 amide bonds. The molecule has 0 aromatic heterocycles. The minimum atomic E-state index is -0.862. The van der Waals surface area contributed by atoms with Gasteiger partial charge in [-0.3, -0.25) is 9.59 Å². The van der Waals surface area contributed by atoms with E-state index in [1.165, 1.54) is 0 Å². The number of nitrogens with zero attached hydrogens (tertiary/aromatic N) is 2. The largest absolute Gasteiger partial charge is 0.481 e. The summed E-state index contributed by atoms with van der Waals surface area (Å²) in [5.74, 6) is -1.57. The predicted molar refractivity (Wildman–Crippen MR) is 68.0 cm³/mol. The second-order valence-corrected chi connectivity index (χ2v) is 5.80. The molecule has 104 valence electrons. The Hall–Kier alpha value is -1.57. The molecule has 0 radical (unpaired) electrons. The number of carboxylic acid groups (broad SMARTS) is 1. The van der Waals surface area contributed by atoms with Gasteiger partial charge in [0.05, 0.1) is 24.3 Å². The molecule has 0 bridgehead atoms. The molecule has 5 heteroatoms. The molecule has 2 fully saturated rings. The first-order valence-corrected chi connectivity index (χ1v) is 6.94. The maximum atomic E-state index is 12.5. The van der Waals surface area contributed by atoms with Crippen molar-refractivity contribution in [1.82, 2.24) is 4.90 Å². The molecule has 3 atom stereocenters. The van der Waals surface area contributed by atoms with E-state index in [9.17, 15) is 14.7 Å². The molecule has 0 aromatic rings. The van der Waals surface area contributed by atoms with E-state index < -0.39 is 17.8 Å². The van der Waals surface area contributed by atoms with Gasteiger partial charge < -0.3 is 10.0 Å². The average Bonchev–Trinajstić information content (AvgIpc) is 3.11. The van der Waals surface area contributed by atoms with Crippen LogP contribution < -0.4 is 0 Å².